The first-order valence-electron chi connectivity index (χ1n) is 7.17. The number of nitrogens with zero attached hydrogens (tertiary/aromatic N) is 1. The van der Waals surface area contributed by atoms with E-state index in [1.807, 2.05) is 12.1 Å². The molecule has 5 nitrogen and oxygen atoms in total. The third-order valence-electron chi connectivity index (χ3n) is 3.69. The highest BCUT2D eigenvalue weighted by atomic mass is 16.2. The summed E-state index contributed by atoms with van der Waals surface area (Å²) in [7, 11) is 1.60. The minimum absolute atomic E-state index is 0.0936. The number of carbonyl (C=O) groups excluding carboxylic acids is 2. The third kappa shape index (κ3) is 3.84. The lowest BCUT2D eigenvalue weighted by atomic mass is 10.0. The molecule has 1 aliphatic rings. The smallest absolute Gasteiger partial charge is 0.247 e. The van der Waals surface area contributed by atoms with Crippen molar-refractivity contribution in [2.24, 2.45) is 0 Å². The third-order valence-corrected chi connectivity index (χ3v) is 3.69. The molecule has 1 atom stereocenters. The summed E-state index contributed by atoms with van der Waals surface area (Å²) >= 11 is 0. The van der Waals surface area contributed by atoms with Crippen LogP contribution in [0, 0.1) is 0 Å². The summed E-state index contributed by atoms with van der Waals surface area (Å²) in [6, 6.07) is 6.93. The van der Waals surface area contributed by atoms with Crippen LogP contribution in [0.5, 0.6) is 0 Å². The van der Waals surface area contributed by atoms with Gasteiger partial charge in [0.1, 0.15) is 6.04 Å². The van der Waals surface area contributed by atoms with Crippen molar-refractivity contribution in [3.63, 3.8) is 0 Å². The fourth-order valence-electron chi connectivity index (χ4n) is 2.50. The Morgan fingerprint density at radius 3 is 2.67 bits per heavy atom. The van der Waals surface area contributed by atoms with Crippen LogP contribution < -0.4 is 11.1 Å². The molecule has 0 spiro atoms. The van der Waals surface area contributed by atoms with Gasteiger partial charge in [-0.25, -0.2) is 0 Å². The zero-order valence-electron chi connectivity index (χ0n) is 12.2. The van der Waals surface area contributed by atoms with Gasteiger partial charge in [0.15, 0.2) is 0 Å². The molecule has 0 bridgehead atoms. The van der Waals surface area contributed by atoms with Crippen LogP contribution in [0.3, 0.4) is 0 Å². The minimum Gasteiger partial charge on any atom is -0.399 e. The van der Waals surface area contributed by atoms with Crippen molar-refractivity contribution in [1.82, 2.24) is 10.2 Å². The monoisotopic (exact) mass is 287 g/mol. The molecule has 0 radical (unpaired) electrons. The van der Waals surface area contributed by atoms with E-state index in [0.717, 1.165) is 24.8 Å². The van der Waals surface area contributed by atoms with Crippen LogP contribution in [0.4, 0.5) is 5.69 Å². The lowest BCUT2D eigenvalue weighted by Gasteiger charge is -2.33. The number of likely N-dealkylation sites (N-methyl/N-ethyl adjacent to an activating group) is 1. The average molecular weight is 287 g/mol. The first kappa shape index (κ1) is 15.1. The van der Waals surface area contributed by atoms with Gasteiger partial charge in [0.25, 0.3) is 0 Å². The largest absolute Gasteiger partial charge is 0.399 e. The van der Waals surface area contributed by atoms with Gasteiger partial charge in [-0.15, -0.1) is 0 Å². The summed E-state index contributed by atoms with van der Waals surface area (Å²) in [4.78, 5) is 25.8. The van der Waals surface area contributed by atoms with Gasteiger partial charge in [0.05, 0.1) is 0 Å². The zero-order valence-corrected chi connectivity index (χ0v) is 12.2. The lowest BCUT2D eigenvalue weighted by molar-refractivity contribution is -0.138. The van der Waals surface area contributed by atoms with E-state index >= 15 is 0 Å². The Morgan fingerprint density at radius 2 is 2.00 bits per heavy atom. The number of hydrogen-bond acceptors (Lipinski definition) is 3. The molecule has 2 amide bonds. The van der Waals surface area contributed by atoms with E-state index < -0.39 is 0 Å². The molecule has 1 aromatic rings. The standard InChI is InChI=1S/C16H21N3O2/c1-18-16(21)14-4-2-3-11-19(14)15(20)10-7-12-5-8-13(17)9-6-12/h5-10,14H,2-4,11,17H2,1H3,(H,18,21)/b10-7+. The summed E-state index contributed by atoms with van der Waals surface area (Å²) in [6.07, 6.45) is 5.91. The highest BCUT2D eigenvalue weighted by molar-refractivity contribution is 5.95. The molecule has 2 rings (SSSR count). The topological polar surface area (TPSA) is 75.4 Å². The number of nitrogens with one attached hydrogen (secondary N) is 1. The molecule has 1 heterocycles. The van der Waals surface area contributed by atoms with E-state index in [1.165, 1.54) is 6.08 Å². The number of rotatable bonds is 3. The molecule has 1 unspecified atom stereocenters. The molecule has 3 N–H and O–H groups in total. The van der Waals surface area contributed by atoms with E-state index in [2.05, 4.69) is 5.32 Å². The molecule has 0 aromatic heterocycles. The van der Waals surface area contributed by atoms with E-state index in [0.29, 0.717) is 12.2 Å². The van der Waals surface area contributed by atoms with Gasteiger partial charge in [0, 0.05) is 25.4 Å². The van der Waals surface area contributed by atoms with Crippen LogP contribution in [0.2, 0.25) is 0 Å². The fourth-order valence-corrected chi connectivity index (χ4v) is 2.50. The molecule has 112 valence electrons. The Bertz CT molecular complexity index is 537. The van der Waals surface area contributed by atoms with E-state index in [9.17, 15) is 9.59 Å². The van der Waals surface area contributed by atoms with Gasteiger partial charge < -0.3 is 16.0 Å². The first-order chi connectivity index (χ1) is 10.1. The Balaban J connectivity index is 2.06. The SMILES string of the molecule is CNC(=O)C1CCCCN1C(=O)/C=C/c1ccc(N)cc1. The number of piperidine rings is 1. The van der Waals surface area contributed by atoms with Gasteiger partial charge in [-0.3, -0.25) is 9.59 Å². The van der Waals surface area contributed by atoms with Gasteiger partial charge in [0.2, 0.25) is 11.8 Å². The summed E-state index contributed by atoms with van der Waals surface area (Å²) < 4.78 is 0. The second-order valence-corrected chi connectivity index (χ2v) is 5.16. The Labute approximate surface area is 124 Å². The van der Waals surface area contributed by atoms with Gasteiger partial charge in [-0.05, 0) is 43.0 Å². The summed E-state index contributed by atoms with van der Waals surface area (Å²) in [5.41, 5.74) is 7.22. The van der Waals surface area contributed by atoms with Crippen LogP contribution in [0.1, 0.15) is 24.8 Å². The van der Waals surface area contributed by atoms with E-state index in [-0.39, 0.29) is 17.9 Å². The number of carbonyl (C=O) groups is 2. The molecule has 5 heteroatoms. The Kier molecular flexibility index (Phi) is 4.98. The normalized spacial score (nSPS) is 18.7. The number of amides is 2. The second kappa shape index (κ2) is 6.92. The molecule has 1 aliphatic heterocycles. The predicted molar refractivity (Wildman–Crippen MR) is 83.3 cm³/mol. The molecule has 1 aromatic carbocycles. The van der Waals surface area contributed by atoms with Crippen molar-refractivity contribution < 1.29 is 9.59 Å². The van der Waals surface area contributed by atoms with Crippen molar-refractivity contribution in [2.75, 3.05) is 19.3 Å². The van der Waals surface area contributed by atoms with Crippen LogP contribution in [-0.2, 0) is 9.59 Å². The minimum atomic E-state index is -0.354. The highest BCUT2D eigenvalue weighted by Crippen LogP contribution is 2.18. The Hall–Kier alpha value is -2.30. The van der Waals surface area contributed by atoms with E-state index in [1.54, 1.807) is 30.2 Å². The molecule has 1 saturated heterocycles. The average Bonchev–Trinajstić information content (AvgIpc) is 2.53. The number of nitrogens with two attached hydrogens (primary N) is 1. The van der Waals surface area contributed by atoms with Crippen LogP contribution in [0.15, 0.2) is 30.3 Å². The van der Waals surface area contributed by atoms with Crippen molar-refractivity contribution in [2.45, 2.75) is 25.3 Å². The van der Waals surface area contributed by atoms with Gasteiger partial charge in [-0.1, -0.05) is 12.1 Å². The molecule has 0 saturated carbocycles. The molecular weight excluding hydrogens is 266 g/mol. The van der Waals surface area contributed by atoms with E-state index in [4.69, 9.17) is 5.73 Å². The maximum absolute atomic E-state index is 12.3. The molecule has 1 fully saturated rings. The number of nitrogen functional groups attached to an aromatic ring is 1. The Morgan fingerprint density at radius 1 is 1.29 bits per heavy atom. The first-order valence-corrected chi connectivity index (χ1v) is 7.17. The van der Waals surface area contributed by atoms with Crippen LogP contribution in [0.25, 0.3) is 6.08 Å². The maximum atomic E-state index is 12.3. The molecule has 0 aliphatic carbocycles. The number of hydrogen-bond donors (Lipinski definition) is 2. The number of benzene rings is 1. The van der Waals surface area contributed by atoms with Crippen LogP contribution in [-0.4, -0.2) is 36.3 Å². The number of anilines is 1. The quantitative estimate of drug-likeness (QED) is 0.652. The lowest BCUT2D eigenvalue weighted by Crippen LogP contribution is -2.50. The summed E-state index contributed by atoms with van der Waals surface area (Å²) in [5.74, 6) is -0.218. The maximum Gasteiger partial charge on any atom is 0.247 e. The van der Waals surface area contributed by atoms with Crippen molar-refractivity contribution in [1.29, 1.82) is 0 Å². The van der Waals surface area contributed by atoms with Crippen molar-refractivity contribution in [3.8, 4) is 0 Å². The highest BCUT2D eigenvalue weighted by Gasteiger charge is 2.30. The van der Waals surface area contributed by atoms with Gasteiger partial charge >= 0.3 is 0 Å². The predicted octanol–water partition coefficient (Wildman–Crippen LogP) is 1.41. The van der Waals surface area contributed by atoms with Gasteiger partial charge in [-0.2, -0.15) is 0 Å². The molecule has 21 heavy (non-hydrogen) atoms. The number of likely N-dealkylation sites (tertiary alicyclic amines) is 1. The summed E-state index contributed by atoms with van der Waals surface area (Å²) in [6.45, 7) is 0.628. The van der Waals surface area contributed by atoms with Crippen molar-refractivity contribution >= 4 is 23.6 Å². The summed E-state index contributed by atoms with van der Waals surface area (Å²) in [5, 5.41) is 2.63. The second-order valence-electron chi connectivity index (χ2n) is 5.16. The van der Waals surface area contributed by atoms with Crippen molar-refractivity contribution in [3.05, 3.63) is 35.9 Å². The zero-order chi connectivity index (χ0) is 15.2. The fraction of sp³-hybridized carbons (Fsp3) is 0.375. The van der Waals surface area contributed by atoms with Crippen LogP contribution >= 0.6 is 0 Å². The molecular formula is C16H21N3O2.